The Hall–Kier alpha value is -3.40. The molecule has 0 atom stereocenters. The zero-order valence-corrected chi connectivity index (χ0v) is 17.9. The summed E-state index contributed by atoms with van der Waals surface area (Å²) in [6, 6.07) is 6.06. The molecule has 10 heteroatoms. The smallest absolute Gasteiger partial charge is 0.411 e. The molecule has 1 aliphatic carbocycles. The summed E-state index contributed by atoms with van der Waals surface area (Å²) in [4.78, 5) is 49.3. The lowest BCUT2D eigenvalue weighted by molar-refractivity contribution is -0.119. The van der Waals surface area contributed by atoms with Gasteiger partial charge in [-0.25, -0.2) is 14.4 Å². The number of esters is 2. The van der Waals surface area contributed by atoms with Crippen LogP contribution < -0.4 is 10.6 Å². The van der Waals surface area contributed by atoms with Crippen LogP contribution in [0.1, 0.15) is 44.5 Å². The molecule has 3 rings (SSSR count). The van der Waals surface area contributed by atoms with Crippen molar-refractivity contribution < 1.29 is 33.4 Å². The Kier molecular flexibility index (Phi) is 7.24. The fourth-order valence-electron chi connectivity index (χ4n) is 3.20. The van der Waals surface area contributed by atoms with Crippen molar-refractivity contribution in [1.29, 1.82) is 0 Å². The van der Waals surface area contributed by atoms with Crippen molar-refractivity contribution in [2.75, 3.05) is 31.0 Å². The molecule has 0 bridgehead atoms. The standard InChI is InChI=1S/C21H22N2O7S/c1-3-29-21(27)22-13-7-4-6-12(10-13)19(25)30-11-16(24)23-18-17(20(26)28-2)14-8-5-9-15(14)31-18/h4,6-7,10H,3,5,8-9,11H2,1-2H3,(H,22,27)(H,23,24). The zero-order chi connectivity index (χ0) is 22.4. The van der Waals surface area contributed by atoms with Crippen molar-refractivity contribution in [2.24, 2.45) is 0 Å². The number of rotatable bonds is 7. The Morgan fingerprint density at radius 2 is 1.87 bits per heavy atom. The molecule has 1 aromatic carbocycles. The number of anilines is 2. The van der Waals surface area contributed by atoms with Crippen LogP contribution in [0.2, 0.25) is 0 Å². The van der Waals surface area contributed by atoms with E-state index in [1.165, 1.54) is 30.6 Å². The molecule has 0 fully saturated rings. The molecule has 2 aromatic rings. The minimum Gasteiger partial charge on any atom is -0.465 e. The van der Waals surface area contributed by atoms with Gasteiger partial charge in [-0.3, -0.25) is 10.1 Å². The van der Waals surface area contributed by atoms with Crippen molar-refractivity contribution in [3.05, 3.63) is 45.8 Å². The van der Waals surface area contributed by atoms with Gasteiger partial charge in [0.25, 0.3) is 5.91 Å². The Balaban J connectivity index is 1.60. The number of hydrogen-bond acceptors (Lipinski definition) is 8. The summed E-state index contributed by atoms with van der Waals surface area (Å²) in [7, 11) is 1.29. The van der Waals surface area contributed by atoms with Crippen molar-refractivity contribution in [3.8, 4) is 0 Å². The van der Waals surface area contributed by atoms with Crippen LogP contribution in [0.5, 0.6) is 0 Å². The van der Waals surface area contributed by atoms with Gasteiger partial charge in [-0.1, -0.05) is 6.07 Å². The Bertz CT molecular complexity index is 1020. The molecule has 9 nitrogen and oxygen atoms in total. The number of carbonyl (C=O) groups is 4. The predicted molar refractivity (Wildman–Crippen MR) is 114 cm³/mol. The van der Waals surface area contributed by atoms with Gasteiger partial charge in [-0.05, 0) is 49.9 Å². The van der Waals surface area contributed by atoms with E-state index in [9.17, 15) is 19.2 Å². The van der Waals surface area contributed by atoms with Crippen molar-refractivity contribution in [3.63, 3.8) is 0 Å². The number of nitrogens with one attached hydrogen (secondary N) is 2. The molecule has 0 saturated heterocycles. The van der Waals surface area contributed by atoms with E-state index in [2.05, 4.69) is 10.6 Å². The second kappa shape index (κ2) is 10.1. The molecule has 0 aliphatic heterocycles. The average molecular weight is 446 g/mol. The van der Waals surface area contributed by atoms with Gasteiger partial charge in [-0.2, -0.15) is 0 Å². The summed E-state index contributed by atoms with van der Waals surface area (Å²) in [6.07, 6.45) is 1.93. The lowest BCUT2D eigenvalue weighted by Crippen LogP contribution is -2.22. The summed E-state index contributed by atoms with van der Waals surface area (Å²) < 4.78 is 14.7. The molecular weight excluding hydrogens is 424 g/mol. The quantitative estimate of drug-likeness (QED) is 0.494. The maximum Gasteiger partial charge on any atom is 0.411 e. The second-order valence-corrected chi connectivity index (χ2v) is 7.71. The van der Waals surface area contributed by atoms with Crippen LogP contribution in [-0.4, -0.2) is 44.3 Å². The Morgan fingerprint density at radius 1 is 1.06 bits per heavy atom. The van der Waals surface area contributed by atoms with E-state index >= 15 is 0 Å². The molecule has 0 unspecified atom stereocenters. The number of hydrogen-bond donors (Lipinski definition) is 2. The first-order valence-corrected chi connectivity index (χ1v) is 10.5. The number of fused-ring (bicyclic) bond motifs is 1. The van der Waals surface area contributed by atoms with E-state index in [0.29, 0.717) is 16.3 Å². The molecular formula is C21H22N2O7S. The highest BCUT2D eigenvalue weighted by Crippen LogP contribution is 2.39. The van der Waals surface area contributed by atoms with E-state index in [1.54, 1.807) is 19.1 Å². The number of ether oxygens (including phenoxy) is 3. The van der Waals surface area contributed by atoms with Crippen LogP contribution in [0.25, 0.3) is 0 Å². The van der Waals surface area contributed by atoms with Gasteiger partial charge >= 0.3 is 18.0 Å². The van der Waals surface area contributed by atoms with E-state index in [-0.39, 0.29) is 12.2 Å². The van der Waals surface area contributed by atoms with Gasteiger partial charge in [-0.15, -0.1) is 11.3 Å². The highest BCUT2D eigenvalue weighted by molar-refractivity contribution is 7.17. The minimum atomic E-state index is -0.732. The van der Waals surface area contributed by atoms with Gasteiger partial charge in [0.15, 0.2) is 6.61 Å². The summed E-state index contributed by atoms with van der Waals surface area (Å²) in [5.41, 5.74) is 1.80. The monoisotopic (exact) mass is 446 g/mol. The predicted octanol–water partition coefficient (Wildman–Crippen LogP) is 3.39. The lowest BCUT2D eigenvalue weighted by Gasteiger charge is -2.09. The third-order valence-corrected chi connectivity index (χ3v) is 5.73. The minimum absolute atomic E-state index is 0.160. The topological polar surface area (TPSA) is 120 Å². The SMILES string of the molecule is CCOC(=O)Nc1cccc(C(=O)OCC(=O)Nc2sc3c(c2C(=O)OC)CCC3)c1. The third kappa shape index (κ3) is 5.40. The van der Waals surface area contributed by atoms with Crippen LogP contribution in [0.3, 0.4) is 0 Å². The molecule has 1 aliphatic rings. The number of methoxy groups -OCH3 is 1. The van der Waals surface area contributed by atoms with E-state index in [4.69, 9.17) is 14.2 Å². The summed E-state index contributed by atoms with van der Waals surface area (Å²) in [5.74, 6) is -1.80. The normalized spacial score (nSPS) is 11.9. The molecule has 0 spiro atoms. The fraction of sp³-hybridized carbons (Fsp3) is 0.333. The van der Waals surface area contributed by atoms with Crippen LogP contribution in [0.15, 0.2) is 24.3 Å². The highest BCUT2D eigenvalue weighted by Gasteiger charge is 2.28. The van der Waals surface area contributed by atoms with Crippen molar-refractivity contribution in [2.45, 2.75) is 26.2 Å². The van der Waals surface area contributed by atoms with Gasteiger partial charge in [0.05, 0.1) is 24.8 Å². The van der Waals surface area contributed by atoms with Crippen LogP contribution in [0.4, 0.5) is 15.5 Å². The van der Waals surface area contributed by atoms with E-state index in [1.807, 2.05) is 0 Å². The number of benzene rings is 1. The van der Waals surface area contributed by atoms with E-state index in [0.717, 1.165) is 29.7 Å². The third-order valence-electron chi connectivity index (χ3n) is 4.52. The van der Waals surface area contributed by atoms with Crippen molar-refractivity contribution >= 4 is 46.0 Å². The molecule has 0 radical (unpaired) electrons. The molecule has 0 saturated carbocycles. The first kappa shape index (κ1) is 22.3. The molecule has 164 valence electrons. The number of thiophene rings is 1. The summed E-state index contributed by atoms with van der Waals surface area (Å²) >= 11 is 1.34. The molecule has 2 amide bonds. The lowest BCUT2D eigenvalue weighted by atomic mass is 10.1. The summed E-state index contributed by atoms with van der Waals surface area (Å²) in [5, 5.41) is 5.53. The first-order valence-electron chi connectivity index (χ1n) is 9.66. The van der Waals surface area contributed by atoms with Gasteiger partial charge in [0, 0.05) is 10.6 Å². The number of amides is 2. The fourth-order valence-corrected chi connectivity index (χ4v) is 4.49. The van der Waals surface area contributed by atoms with Gasteiger partial charge in [0.2, 0.25) is 0 Å². The average Bonchev–Trinajstić information content (AvgIpc) is 3.32. The number of aryl methyl sites for hydroxylation is 1. The largest absolute Gasteiger partial charge is 0.465 e. The molecule has 1 heterocycles. The van der Waals surface area contributed by atoms with Crippen molar-refractivity contribution in [1.82, 2.24) is 0 Å². The highest BCUT2D eigenvalue weighted by atomic mass is 32.1. The first-order chi connectivity index (χ1) is 14.9. The Labute approximate surface area is 182 Å². The van der Waals surface area contributed by atoms with Gasteiger partial charge in [0.1, 0.15) is 5.00 Å². The molecule has 2 N–H and O–H groups in total. The summed E-state index contributed by atoms with van der Waals surface area (Å²) in [6.45, 7) is 1.36. The number of carbonyl (C=O) groups excluding carboxylic acids is 4. The van der Waals surface area contributed by atoms with Crippen LogP contribution >= 0.6 is 11.3 Å². The van der Waals surface area contributed by atoms with Crippen LogP contribution in [-0.2, 0) is 31.8 Å². The van der Waals surface area contributed by atoms with E-state index < -0.39 is 30.5 Å². The maximum atomic E-state index is 12.3. The molecule has 1 aromatic heterocycles. The second-order valence-electron chi connectivity index (χ2n) is 6.60. The maximum absolute atomic E-state index is 12.3. The zero-order valence-electron chi connectivity index (χ0n) is 17.1. The van der Waals surface area contributed by atoms with Crippen LogP contribution in [0, 0.1) is 0 Å². The van der Waals surface area contributed by atoms with Gasteiger partial charge < -0.3 is 19.5 Å². The Morgan fingerprint density at radius 3 is 2.61 bits per heavy atom. The molecule has 31 heavy (non-hydrogen) atoms.